The SMILES string of the molecule is COC1(c2ccc(Cl)c(F)c2)CNC1.O=C(O)C(F)(F)F. The fourth-order valence-corrected chi connectivity index (χ4v) is 1.72. The number of aliphatic carboxylic acids is 1. The molecule has 0 unspecified atom stereocenters. The predicted molar refractivity (Wildman–Crippen MR) is 66.7 cm³/mol. The summed E-state index contributed by atoms with van der Waals surface area (Å²) in [4.78, 5) is 8.90. The van der Waals surface area contributed by atoms with Crippen LogP contribution in [0.4, 0.5) is 17.6 Å². The largest absolute Gasteiger partial charge is 0.490 e. The van der Waals surface area contributed by atoms with E-state index < -0.39 is 18.0 Å². The van der Waals surface area contributed by atoms with Gasteiger partial charge < -0.3 is 15.2 Å². The van der Waals surface area contributed by atoms with Crippen molar-refractivity contribution in [1.29, 1.82) is 0 Å². The minimum Gasteiger partial charge on any atom is -0.475 e. The molecule has 1 aliphatic heterocycles. The van der Waals surface area contributed by atoms with E-state index in [0.29, 0.717) is 13.1 Å². The Morgan fingerprint density at radius 3 is 2.24 bits per heavy atom. The summed E-state index contributed by atoms with van der Waals surface area (Å²) in [6.07, 6.45) is -5.08. The highest BCUT2D eigenvalue weighted by atomic mass is 35.5. The molecule has 0 radical (unpaired) electrons. The summed E-state index contributed by atoms with van der Waals surface area (Å²) >= 11 is 5.60. The van der Waals surface area contributed by atoms with E-state index in [1.54, 1.807) is 19.2 Å². The van der Waals surface area contributed by atoms with Gasteiger partial charge >= 0.3 is 12.1 Å². The van der Waals surface area contributed by atoms with Crippen molar-refractivity contribution in [2.75, 3.05) is 20.2 Å². The molecule has 0 aliphatic carbocycles. The number of carboxylic acid groups (broad SMARTS) is 1. The van der Waals surface area contributed by atoms with E-state index in [4.69, 9.17) is 26.2 Å². The van der Waals surface area contributed by atoms with Crippen molar-refractivity contribution in [3.63, 3.8) is 0 Å². The van der Waals surface area contributed by atoms with Crippen molar-refractivity contribution in [1.82, 2.24) is 5.32 Å². The molecule has 0 amide bonds. The van der Waals surface area contributed by atoms with Gasteiger partial charge in [-0.05, 0) is 17.7 Å². The van der Waals surface area contributed by atoms with Crippen LogP contribution in [0.5, 0.6) is 0 Å². The lowest BCUT2D eigenvalue weighted by Gasteiger charge is -2.41. The Morgan fingerprint density at radius 1 is 1.43 bits per heavy atom. The van der Waals surface area contributed by atoms with E-state index >= 15 is 0 Å². The monoisotopic (exact) mass is 329 g/mol. The number of ether oxygens (including phenoxy) is 1. The van der Waals surface area contributed by atoms with Gasteiger partial charge in [0, 0.05) is 20.2 Å². The Morgan fingerprint density at radius 2 is 1.95 bits per heavy atom. The lowest BCUT2D eigenvalue weighted by atomic mass is 9.88. The van der Waals surface area contributed by atoms with Crippen LogP contribution in [0, 0.1) is 5.82 Å². The van der Waals surface area contributed by atoms with Gasteiger partial charge in [0.15, 0.2) is 0 Å². The summed E-state index contributed by atoms with van der Waals surface area (Å²) in [5, 5.41) is 10.4. The van der Waals surface area contributed by atoms with Gasteiger partial charge in [0.1, 0.15) is 11.4 Å². The van der Waals surface area contributed by atoms with E-state index in [2.05, 4.69) is 5.32 Å². The number of halogens is 5. The molecule has 0 aromatic heterocycles. The smallest absolute Gasteiger partial charge is 0.475 e. The number of benzene rings is 1. The molecule has 0 bridgehead atoms. The molecule has 4 nitrogen and oxygen atoms in total. The molecule has 2 N–H and O–H groups in total. The molecule has 118 valence electrons. The van der Waals surface area contributed by atoms with E-state index in [0.717, 1.165) is 5.56 Å². The summed E-state index contributed by atoms with van der Waals surface area (Å²) in [6, 6.07) is 4.80. The van der Waals surface area contributed by atoms with Crippen LogP contribution in [0.2, 0.25) is 5.02 Å². The maximum absolute atomic E-state index is 13.2. The summed E-state index contributed by atoms with van der Waals surface area (Å²) in [5.41, 5.74) is 0.464. The van der Waals surface area contributed by atoms with Crippen molar-refractivity contribution in [3.05, 3.63) is 34.6 Å². The van der Waals surface area contributed by atoms with Gasteiger partial charge in [-0.3, -0.25) is 0 Å². The second-order valence-electron chi connectivity index (χ2n) is 4.23. The van der Waals surface area contributed by atoms with Gasteiger partial charge in [-0.2, -0.15) is 13.2 Å². The third-order valence-electron chi connectivity index (χ3n) is 2.90. The second-order valence-corrected chi connectivity index (χ2v) is 4.64. The summed E-state index contributed by atoms with van der Waals surface area (Å²) in [6.45, 7) is 1.43. The van der Waals surface area contributed by atoms with Crippen molar-refractivity contribution < 1.29 is 32.2 Å². The van der Waals surface area contributed by atoms with Gasteiger partial charge in [0.2, 0.25) is 0 Å². The summed E-state index contributed by atoms with van der Waals surface area (Å²) in [5.74, 6) is -3.15. The minimum atomic E-state index is -5.08. The minimum absolute atomic E-state index is 0.146. The predicted octanol–water partition coefficient (Wildman–Crippen LogP) is 2.56. The van der Waals surface area contributed by atoms with Crippen molar-refractivity contribution in [2.24, 2.45) is 0 Å². The number of methoxy groups -OCH3 is 1. The standard InChI is InChI=1S/C10H11ClFNO.C2HF3O2/c1-14-10(5-13-6-10)7-2-3-8(11)9(12)4-7;3-2(4,5)1(6)7/h2-4,13H,5-6H2,1H3;(H,6,7). The van der Waals surface area contributed by atoms with Crippen LogP contribution in [0.3, 0.4) is 0 Å². The average Bonchev–Trinajstić information content (AvgIpc) is 2.32. The number of carbonyl (C=O) groups is 1. The van der Waals surface area contributed by atoms with Crippen molar-refractivity contribution in [2.45, 2.75) is 11.8 Å². The van der Waals surface area contributed by atoms with Gasteiger partial charge in [0.05, 0.1) is 5.02 Å². The first-order valence-electron chi connectivity index (χ1n) is 5.64. The van der Waals surface area contributed by atoms with Gasteiger partial charge in [-0.15, -0.1) is 0 Å². The van der Waals surface area contributed by atoms with Crippen LogP contribution in [0.15, 0.2) is 18.2 Å². The van der Waals surface area contributed by atoms with Crippen LogP contribution in [-0.4, -0.2) is 37.5 Å². The Kier molecular flexibility index (Phi) is 5.54. The van der Waals surface area contributed by atoms with E-state index in [1.165, 1.54) is 6.07 Å². The zero-order valence-corrected chi connectivity index (χ0v) is 11.6. The quantitative estimate of drug-likeness (QED) is 0.819. The van der Waals surface area contributed by atoms with Gasteiger partial charge in [0.25, 0.3) is 0 Å². The molecular formula is C12H12ClF4NO3. The van der Waals surface area contributed by atoms with Crippen LogP contribution < -0.4 is 5.32 Å². The molecule has 21 heavy (non-hydrogen) atoms. The van der Waals surface area contributed by atoms with Crippen LogP contribution in [0.1, 0.15) is 5.56 Å². The third kappa shape index (κ3) is 4.29. The molecule has 9 heteroatoms. The Balaban J connectivity index is 0.000000270. The first-order chi connectivity index (χ1) is 9.62. The first-order valence-corrected chi connectivity index (χ1v) is 6.02. The Bertz CT molecular complexity index is 512. The zero-order valence-electron chi connectivity index (χ0n) is 10.8. The zero-order chi connectivity index (χ0) is 16.3. The lowest BCUT2D eigenvalue weighted by Crippen LogP contribution is -2.58. The van der Waals surface area contributed by atoms with Crippen LogP contribution in [-0.2, 0) is 15.1 Å². The lowest BCUT2D eigenvalue weighted by molar-refractivity contribution is -0.192. The molecule has 1 aromatic rings. The number of carboxylic acids is 1. The van der Waals surface area contributed by atoms with Crippen LogP contribution >= 0.6 is 11.6 Å². The van der Waals surface area contributed by atoms with Gasteiger partial charge in [-0.25, -0.2) is 9.18 Å². The van der Waals surface area contributed by atoms with Gasteiger partial charge in [-0.1, -0.05) is 17.7 Å². The Labute approximate surface area is 122 Å². The van der Waals surface area contributed by atoms with Crippen molar-refractivity contribution >= 4 is 17.6 Å². The molecule has 0 saturated carbocycles. The molecule has 1 fully saturated rings. The number of hydrogen-bond acceptors (Lipinski definition) is 3. The summed E-state index contributed by atoms with van der Waals surface area (Å²) in [7, 11) is 1.63. The average molecular weight is 330 g/mol. The number of nitrogens with one attached hydrogen (secondary N) is 1. The highest BCUT2D eigenvalue weighted by Crippen LogP contribution is 2.31. The third-order valence-corrected chi connectivity index (χ3v) is 3.21. The normalized spacial score (nSPS) is 16.5. The molecular weight excluding hydrogens is 318 g/mol. The number of rotatable bonds is 2. The second kappa shape index (κ2) is 6.59. The topological polar surface area (TPSA) is 58.6 Å². The molecule has 1 aromatic carbocycles. The summed E-state index contributed by atoms with van der Waals surface area (Å²) < 4.78 is 50.3. The van der Waals surface area contributed by atoms with E-state index in [9.17, 15) is 17.6 Å². The molecule has 1 aliphatic rings. The maximum Gasteiger partial charge on any atom is 0.490 e. The molecule has 0 spiro atoms. The number of hydrogen-bond donors (Lipinski definition) is 2. The highest BCUT2D eigenvalue weighted by molar-refractivity contribution is 6.30. The molecule has 1 saturated heterocycles. The first kappa shape index (κ1) is 17.7. The van der Waals surface area contributed by atoms with E-state index in [-0.39, 0.29) is 10.6 Å². The number of alkyl halides is 3. The molecule has 2 rings (SSSR count). The van der Waals surface area contributed by atoms with Crippen LogP contribution in [0.25, 0.3) is 0 Å². The molecule has 0 atom stereocenters. The highest BCUT2D eigenvalue weighted by Gasteiger charge is 2.39. The molecule has 1 heterocycles. The fourth-order valence-electron chi connectivity index (χ4n) is 1.60. The van der Waals surface area contributed by atoms with Crippen molar-refractivity contribution in [3.8, 4) is 0 Å². The fraction of sp³-hybridized carbons (Fsp3) is 0.417. The van der Waals surface area contributed by atoms with E-state index in [1.807, 2.05) is 0 Å². The Hall–Kier alpha value is -1.38. The maximum atomic E-state index is 13.2.